The van der Waals surface area contributed by atoms with Crippen molar-refractivity contribution in [3.8, 4) is 0 Å². The molecule has 0 aliphatic carbocycles. The standard InChI is InChI=1S/C16H28Si/c1-5-12-17(13-6-2,14-7-3)16-11-9-8-10-15(16)4/h8-11H,5-7,12-14H2,1-4H3. The molecule has 0 heterocycles. The second-order valence-electron chi connectivity index (χ2n) is 5.35. The topological polar surface area (TPSA) is 0 Å². The first-order chi connectivity index (χ1) is 8.20. The monoisotopic (exact) mass is 248 g/mol. The van der Waals surface area contributed by atoms with Crippen molar-refractivity contribution in [1.29, 1.82) is 0 Å². The van der Waals surface area contributed by atoms with Crippen LogP contribution in [-0.2, 0) is 0 Å². The van der Waals surface area contributed by atoms with Crippen LogP contribution in [-0.4, -0.2) is 8.07 Å². The number of hydrogen-bond donors (Lipinski definition) is 0. The minimum absolute atomic E-state index is 1.22. The van der Waals surface area contributed by atoms with Gasteiger partial charge < -0.3 is 0 Å². The van der Waals surface area contributed by atoms with Crippen molar-refractivity contribution in [2.75, 3.05) is 0 Å². The number of aryl methyl sites for hydroxylation is 1. The zero-order valence-electron chi connectivity index (χ0n) is 12.1. The van der Waals surface area contributed by atoms with Crippen molar-refractivity contribution in [1.82, 2.24) is 0 Å². The lowest BCUT2D eigenvalue weighted by atomic mass is 10.2. The first-order valence-corrected chi connectivity index (χ1v) is 9.88. The third-order valence-corrected chi connectivity index (χ3v) is 9.98. The lowest BCUT2D eigenvalue weighted by molar-refractivity contribution is 0.936. The highest BCUT2D eigenvalue weighted by atomic mass is 28.3. The largest absolute Gasteiger partial charge is 0.0870 e. The molecule has 0 nitrogen and oxygen atoms in total. The van der Waals surface area contributed by atoms with Crippen LogP contribution in [0.4, 0.5) is 0 Å². The van der Waals surface area contributed by atoms with Gasteiger partial charge in [0.25, 0.3) is 0 Å². The summed E-state index contributed by atoms with van der Waals surface area (Å²) in [6.07, 6.45) is 4.04. The maximum absolute atomic E-state index is 2.42. The number of benzene rings is 1. The highest BCUT2D eigenvalue weighted by Crippen LogP contribution is 2.27. The van der Waals surface area contributed by atoms with Crippen LogP contribution in [0.1, 0.15) is 45.6 Å². The van der Waals surface area contributed by atoms with Gasteiger partial charge in [0.1, 0.15) is 0 Å². The Morgan fingerprint density at radius 3 is 1.71 bits per heavy atom. The maximum Gasteiger partial charge on any atom is 0.0870 e. The van der Waals surface area contributed by atoms with Gasteiger partial charge in [-0.3, -0.25) is 0 Å². The summed E-state index contributed by atoms with van der Waals surface area (Å²) in [6.45, 7) is 9.36. The van der Waals surface area contributed by atoms with Crippen LogP contribution < -0.4 is 5.19 Å². The molecule has 0 saturated carbocycles. The summed E-state index contributed by atoms with van der Waals surface area (Å²) in [6, 6.07) is 13.6. The van der Waals surface area contributed by atoms with Gasteiger partial charge in [-0.1, -0.05) is 93.2 Å². The molecule has 0 aromatic heterocycles. The van der Waals surface area contributed by atoms with E-state index in [-0.39, 0.29) is 0 Å². The molecule has 1 rings (SSSR count). The third-order valence-electron chi connectivity index (χ3n) is 3.90. The van der Waals surface area contributed by atoms with Crippen molar-refractivity contribution < 1.29 is 0 Å². The van der Waals surface area contributed by atoms with Crippen LogP contribution in [0.5, 0.6) is 0 Å². The van der Waals surface area contributed by atoms with Gasteiger partial charge in [-0.05, 0) is 6.92 Å². The molecule has 0 saturated heterocycles. The van der Waals surface area contributed by atoms with E-state index in [9.17, 15) is 0 Å². The van der Waals surface area contributed by atoms with E-state index >= 15 is 0 Å². The Bertz CT molecular complexity index is 313. The van der Waals surface area contributed by atoms with Gasteiger partial charge in [0, 0.05) is 0 Å². The van der Waals surface area contributed by atoms with E-state index in [0.29, 0.717) is 0 Å². The van der Waals surface area contributed by atoms with Gasteiger partial charge in [-0.2, -0.15) is 0 Å². The molecular formula is C16H28Si. The Kier molecular flexibility index (Phi) is 5.97. The molecule has 96 valence electrons. The summed E-state index contributed by atoms with van der Waals surface area (Å²) in [7, 11) is -1.22. The summed E-state index contributed by atoms with van der Waals surface area (Å²) < 4.78 is 0. The van der Waals surface area contributed by atoms with E-state index in [2.05, 4.69) is 52.0 Å². The van der Waals surface area contributed by atoms with Gasteiger partial charge in [-0.25, -0.2) is 0 Å². The fourth-order valence-electron chi connectivity index (χ4n) is 3.38. The summed E-state index contributed by atoms with van der Waals surface area (Å²) in [5, 5.41) is 1.74. The first-order valence-electron chi connectivity index (χ1n) is 7.26. The van der Waals surface area contributed by atoms with Crippen LogP contribution in [0.25, 0.3) is 0 Å². The maximum atomic E-state index is 2.42. The van der Waals surface area contributed by atoms with Crippen molar-refractivity contribution in [2.24, 2.45) is 0 Å². The zero-order chi connectivity index (χ0) is 12.7. The fourth-order valence-corrected chi connectivity index (χ4v) is 9.18. The number of rotatable bonds is 7. The van der Waals surface area contributed by atoms with E-state index in [1.54, 1.807) is 5.19 Å². The minimum atomic E-state index is -1.22. The summed E-state index contributed by atoms with van der Waals surface area (Å²) in [4.78, 5) is 0. The quantitative estimate of drug-likeness (QED) is 0.603. The van der Waals surface area contributed by atoms with E-state index < -0.39 is 8.07 Å². The van der Waals surface area contributed by atoms with Gasteiger partial charge >= 0.3 is 0 Å². The molecule has 0 unspecified atom stereocenters. The molecule has 1 heteroatoms. The smallest absolute Gasteiger partial charge is 0.0656 e. The molecule has 0 amide bonds. The van der Waals surface area contributed by atoms with Gasteiger partial charge in [0.2, 0.25) is 0 Å². The molecule has 0 bridgehead atoms. The molecule has 0 N–H and O–H groups in total. The van der Waals surface area contributed by atoms with E-state index in [4.69, 9.17) is 0 Å². The van der Waals surface area contributed by atoms with Crippen molar-refractivity contribution >= 4 is 13.3 Å². The Hall–Kier alpha value is -0.563. The Morgan fingerprint density at radius 2 is 1.29 bits per heavy atom. The fraction of sp³-hybridized carbons (Fsp3) is 0.625. The highest BCUT2D eigenvalue weighted by molar-refractivity contribution is 6.92. The molecular weight excluding hydrogens is 220 g/mol. The molecule has 0 radical (unpaired) electrons. The van der Waals surface area contributed by atoms with Crippen LogP contribution in [0.2, 0.25) is 18.1 Å². The van der Waals surface area contributed by atoms with E-state index in [0.717, 1.165) is 0 Å². The van der Waals surface area contributed by atoms with Crippen molar-refractivity contribution in [2.45, 2.75) is 65.1 Å². The average molecular weight is 248 g/mol. The number of hydrogen-bond acceptors (Lipinski definition) is 0. The second-order valence-corrected chi connectivity index (χ2v) is 9.94. The van der Waals surface area contributed by atoms with Gasteiger partial charge in [0.05, 0.1) is 8.07 Å². The lowest BCUT2D eigenvalue weighted by Crippen LogP contribution is -2.48. The third kappa shape index (κ3) is 3.45. The van der Waals surface area contributed by atoms with E-state index in [1.807, 2.05) is 0 Å². The summed E-state index contributed by atoms with van der Waals surface area (Å²) >= 11 is 0. The Labute approximate surface area is 108 Å². The lowest BCUT2D eigenvalue weighted by Gasteiger charge is -2.33. The van der Waals surface area contributed by atoms with Crippen molar-refractivity contribution in [3.63, 3.8) is 0 Å². The molecule has 0 aliphatic heterocycles. The molecule has 0 aliphatic rings. The van der Waals surface area contributed by atoms with Crippen LogP contribution in [0.15, 0.2) is 24.3 Å². The predicted octanol–water partition coefficient (Wildman–Crippen LogP) is 4.88. The average Bonchev–Trinajstić information content (AvgIpc) is 2.30. The predicted molar refractivity (Wildman–Crippen MR) is 81.9 cm³/mol. The van der Waals surface area contributed by atoms with Crippen molar-refractivity contribution in [3.05, 3.63) is 29.8 Å². The summed E-state index contributed by atoms with van der Waals surface area (Å²) in [5.41, 5.74) is 1.54. The first kappa shape index (κ1) is 14.5. The molecule has 0 atom stereocenters. The molecule has 0 spiro atoms. The molecule has 0 fully saturated rings. The van der Waals surface area contributed by atoms with E-state index in [1.165, 1.54) is 43.0 Å². The molecule has 1 aromatic carbocycles. The zero-order valence-corrected chi connectivity index (χ0v) is 13.1. The molecule has 17 heavy (non-hydrogen) atoms. The van der Waals surface area contributed by atoms with Gasteiger partial charge in [-0.15, -0.1) is 0 Å². The van der Waals surface area contributed by atoms with Gasteiger partial charge in [0.15, 0.2) is 0 Å². The Morgan fingerprint density at radius 1 is 0.824 bits per heavy atom. The van der Waals surface area contributed by atoms with Crippen LogP contribution >= 0.6 is 0 Å². The molecule has 1 aromatic rings. The van der Waals surface area contributed by atoms with Crippen LogP contribution in [0.3, 0.4) is 0 Å². The highest BCUT2D eigenvalue weighted by Gasteiger charge is 2.32. The normalized spacial score (nSPS) is 11.8. The van der Waals surface area contributed by atoms with Crippen LogP contribution in [0, 0.1) is 6.92 Å². The SMILES string of the molecule is CCC[Si](CCC)(CCC)c1ccccc1C. The minimum Gasteiger partial charge on any atom is -0.0656 e. The second kappa shape index (κ2) is 7.00. The Balaban J connectivity index is 3.14. The summed E-state index contributed by atoms with van der Waals surface area (Å²) in [5.74, 6) is 0.